The number of nitrogens with zero attached hydrogens (tertiary/aromatic N) is 1. The number of hydrogen-bond acceptors (Lipinski definition) is 4. The lowest BCUT2D eigenvalue weighted by molar-refractivity contribution is 0.102. The van der Waals surface area contributed by atoms with Gasteiger partial charge in [0.2, 0.25) is 10.0 Å². The minimum absolute atomic E-state index is 0.0647. The van der Waals surface area contributed by atoms with E-state index in [1.807, 2.05) is 46.8 Å². The van der Waals surface area contributed by atoms with Gasteiger partial charge in [0.25, 0.3) is 5.91 Å². The topological polar surface area (TPSA) is 75.7 Å². The van der Waals surface area contributed by atoms with Crippen molar-refractivity contribution in [2.75, 3.05) is 19.0 Å². The van der Waals surface area contributed by atoms with Crippen LogP contribution < -0.4 is 10.1 Å². The van der Waals surface area contributed by atoms with E-state index in [0.29, 0.717) is 23.5 Å². The predicted octanol–water partition coefficient (Wildman–Crippen LogP) is 5.39. The molecule has 0 heterocycles. The summed E-state index contributed by atoms with van der Waals surface area (Å²) in [7, 11) is -2.18. The minimum Gasteiger partial charge on any atom is -0.494 e. The molecule has 1 N–H and O–H groups in total. The average molecular weight is 481 g/mol. The number of benzene rings is 3. The Morgan fingerprint density at radius 3 is 2.12 bits per heavy atom. The van der Waals surface area contributed by atoms with E-state index in [4.69, 9.17) is 4.74 Å². The van der Waals surface area contributed by atoms with Gasteiger partial charge in [-0.2, -0.15) is 4.31 Å². The molecule has 0 atom stereocenters. The molecule has 0 fully saturated rings. The summed E-state index contributed by atoms with van der Waals surface area (Å²) in [6, 6.07) is 15.9. The van der Waals surface area contributed by atoms with Gasteiger partial charge >= 0.3 is 0 Å². The van der Waals surface area contributed by atoms with Crippen molar-refractivity contribution in [3.63, 3.8) is 0 Å². The number of ether oxygens (including phenoxy) is 1. The molecular formula is C27H32N2O4S. The first kappa shape index (κ1) is 25.5. The van der Waals surface area contributed by atoms with E-state index in [1.54, 1.807) is 42.5 Å². The fourth-order valence-corrected chi connectivity index (χ4v) is 5.07. The molecule has 0 aliphatic heterocycles. The number of sulfonamides is 1. The van der Waals surface area contributed by atoms with Crippen LogP contribution in [0.2, 0.25) is 0 Å². The summed E-state index contributed by atoms with van der Waals surface area (Å²) in [5.74, 6) is 0.288. The van der Waals surface area contributed by atoms with Gasteiger partial charge in [0.1, 0.15) is 5.75 Å². The molecule has 3 rings (SSSR count). The highest BCUT2D eigenvalue weighted by Crippen LogP contribution is 2.27. The zero-order chi connectivity index (χ0) is 25.0. The van der Waals surface area contributed by atoms with Gasteiger partial charge < -0.3 is 10.1 Å². The molecule has 0 bridgehead atoms. The molecule has 7 heteroatoms. The third-order valence-electron chi connectivity index (χ3n) is 5.66. The van der Waals surface area contributed by atoms with Crippen LogP contribution in [0, 0.1) is 27.7 Å². The molecule has 0 aliphatic rings. The number of hydrogen-bond donors (Lipinski definition) is 1. The third kappa shape index (κ3) is 5.66. The normalized spacial score (nSPS) is 11.5. The van der Waals surface area contributed by atoms with Gasteiger partial charge in [-0.05, 0) is 76.1 Å². The summed E-state index contributed by atoms with van der Waals surface area (Å²) in [6.07, 6.45) is 0. The highest BCUT2D eigenvalue weighted by Gasteiger charge is 2.23. The quantitative estimate of drug-likeness (QED) is 0.469. The smallest absolute Gasteiger partial charge is 0.255 e. The Bertz CT molecular complexity index is 1280. The molecule has 0 aromatic heterocycles. The highest BCUT2D eigenvalue weighted by atomic mass is 32.2. The summed E-state index contributed by atoms with van der Waals surface area (Å²) < 4.78 is 33.2. The van der Waals surface area contributed by atoms with Gasteiger partial charge in [0.15, 0.2) is 0 Å². The molecule has 0 spiro atoms. The molecule has 0 saturated heterocycles. The maximum absolute atomic E-state index is 13.1. The lowest BCUT2D eigenvalue weighted by atomic mass is 10.0. The molecule has 3 aromatic carbocycles. The van der Waals surface area contributed by atoms with Gasteiger partial charge in [-0.15, -0.1) is 0 Å². The number of anilines is 1. The first-order chi connectivity index (χ1) is 16.0. The summed E-state index contributed by atoms with van der Waals surface area (Å²) in [4.78, 5) is 13.3. The third-order valence-corrected chi connectivity index (χ3v) is 7.48. The Labute approximate surface area is 202 Å². The van der Waals surface area contributed by atoms with Crippen molar-refractivity contribution < 1.29 is 17.9 Å². The maximum atomic E-state index is 13.1. The van der Waals surface area contributed by atoms with Crippen molar-refractivity contribution in [3.8, 4) is 5.75 Å². The van der Waals surface area contributed by atoms with E-state index in [-0.39, 0.29) is 17.3 Å². The lowest BCUT2D eigenvalue weighted by Gasteiger charge is -2.20. The van der Waals surface area contributed by atoms with Crippen molar-refractivity contribution in [2.24, 2.45) is 0 Å². The number of carbonyl (C=O) groups excluding carboxylic acids is 1. The zero-order valence-electron chi connectivity index (χ0n) is 20.6. The van der Waals surface area contributed by atoms with Crippen LogP contribution in [0.4, 0.5) is 5.69 Å². The monoisotopic (exact) mass is 480 g/mol. The van der Waals surface area contributed by atoms with Crippen molar-refractivity contribution >= 4 is 21.6 Å². The summed E-state index contributed by atoms with van der Waals surface area (Å²) in [5.41, 5.74) is 5.92. The zero-order valence-corrected chi connectivity index (χ0v) is 21.4. The van der Waals surface area contributed by atoms with E-state index >= 15 is 0 Å². The van der Waals surface area contributed by atoms with E-state index in [9.17, 15) is 13.2 Å². The number of nitrogens with one attached hydrogen (secondary N) is 1. The van der Waals surface area contributed by atoms with Crippen LogP contribution >= 0.6 is 0 Å². The molecule has 1 amide bonds. The molecule has 0 saturated carbocycles. The Kier molecular flexibility index (Phi) is 7.79. The second-order valence-corrected chi connectivity index (χ2v) is 10.6. The molecule has 180 valence electrons. The van der Waals surface area contributed by atoms with E-state index in [0.717, 1.165) is 27.9 Å². The number of amides is 1. The van der Waals surface area contributed by atoms with Gasteiger partial charge in [0.05, 0.1) is 11.5 Å². The van der Waals surface area contributed by atoms with Crippen LogP contribution in [0.15, 0.2) is 59.5 Å². The van der Waals surface area contributed by atoms with Crippen LogP contribution in [-0.2, 0) is 16.6 Å². The lowest BCUT2D eigenvalue weighted by Crippen LogP contribution is -2.27. The standard InChI is InChI=1S/C27H32N2O4S/c1-7-33-25-13-10-22(27(30)28-26-20(4)14-19(3)15-21(26)5)16-23(25)17-29(6)34(31,32)24-11-8-18(2)9-12-24/h8-16H,7,17H2,1-6H3,(H,28,30). The number of rotatable bonds is 8. The van der Waals surface area contributed by atoms with Crippen LogP contribution in [-0.4, -0.2) is 32.3 Å². The maximum Gasteiger partial charge on any atom is 0.255 e. The molecule has 0 unspecified atom stereocenters. The minimum atomic E-state index is -3.71. The van der Waals surface area contributed by atoms with Crippen molar-refractivity contribution in [1.29, 1.82) is 0 Å². The predicted molar refractivity (Wildman–Crippen MR) is 136 cm³/mol. The van der Waals surface area contributed by atoms with Crippen LogP contribution in [0.3, 0.4) is 0 Å². The summed E-state index contributed by atoms with van der Waals surface area (Å²) in [6.45, 7) is 10.2. The summed E-state index contributed by atoms with van der Waals surface area (Å²) in [5, 5.41) is 3.00. The van der Waals surface area contributed by atoms with Gasteiger partial charge in [0, 0.05) is 30.4 Å². The fourth-order valence-electron chi connectivity index (χ4n) is 3.92. The molecule has 3 aromatic rings. The van der Waals surface area contributed by atoms with E-state index < -0.39 is 10.0 Å². The van der Waals surface area contributed by atoms with Crippen molar-refractivity contribution in [1.82, 2.24) is 4.31 Å². The Morgan fingerprint density at radius 2 is 1.53 bits per heavy atom. The van der Waals surface area contributed by atoms with Crippen LogP contribution in [0.1, 0.15) is 45.1 Å². The number of carbonyl (C=O) groups is 1. The van der Waals surface area contributed by atoms with Crippen molar-refractivity contribution in [2.45, 2.75) is 46.1 Å². The number of aryl methyl sites for hydroxylation is 4. The van der Waals surface area contributed by atoms with Crippen molar-refractivity contribution in [3.05, 3.63) is 88.0 Å². The van der Waals surface area contributed by atoms with Gasteiger partial charge in [-0.3, -0.25) is 4.79 Å². The van der Waals surface area contributed by atoms with Gasteiger partial charge in [-0.25, -0.2) is 8.42 Å². The SMILES string of the molecule is CCOc1ccc(C(=O)Nc2c(C)cc(C)cc2C)cc1CN(C)S(=O)(=O)c1ccc(C)cc1. The molecule has 0 radical (unpaired) electrons. The van der Waals surface area contributed by atoms with Gasteiger partial charge in [-0.1, -0.05) is 35.4 Å². The van der Waals surface area contributed by atoms with E-state index in [1.165, 1.54) is 11.4 Å². The Balaban J connectivity index is 1.90. The fraction of sp³-hybridized carbons (Fsp3) is 0.296. The second kappa shape index (κ2) is 10.4. The molecule has 6 nitrogen and oxygen atoms in total. The molecule has 0 aliphatic carbocycles. The Morgan fingerprint density at radius 1 is 0.912 bits per heavy atom. The molecule has 34 heavy (non-hydrogen) atoms. The summed E-state index contributed by atoms with van der Waals surface area (Å²) >= 11 is 0. The Hall–Kier alpha value is -3.16. The molecular weight excluding hydrogens is 448 g/mol. The second-order valence-electron chi connectivity index (χ2n) is 8.56. The highest BCUT2D eigenvalue weighted by molar-refractivity contribution is 7.89. The first-order valence-electron chi connectivity index (χ1n) is 11.2. The largest absolute Gasteiger partial charge is 0.494 e. The van der Waals surface area contributed by atoms with Crippen LogP contribution in [0.5, 0.6) is 5.75 Å². The first-order valence-corrected chi connectivity index (χ1v) is 12.6. The average Bonchev–Trinajstić information content (AvgIpc) is 2.77. The van der Waals surface area contributed by atoms with Crippen LogP contribution in [0.25, 0.3) is 0 Å². The van der Waals surface area contributed by atoms with E-state index in [2.05, 4.69) is 5.32 Å².